The number of amides is 1. The molecule has 6 nitrogen and oxygen atoms in total. The summed E-state index contributed by atoms with van der Waals surface area (Å²) < 4.78 is 0. The second-order valence-electron chi connectivity index (χ2n) is 7.68. The highest BCUT2D eigenvalue weighted by Crippen LogP contribution is 2.25. The van der Waals surface area contributed by atoms with Gasteiger partial charge in [0.2, 0.25) is 5.91 Å². The van der Waals surface area contributed by atoms with Crippen LogP contribution in [0.5, 0.6) is 0 Å². The molecule has 1 amide bonds. The molecule has 1 N–H and O–H groups in total. The van der Waals surface area contributed by atoms with Gasteiger partial charge in [-0.25, -0.2) is 4.98 Å². The van der Waals surface area contributed by atoms with Gasteiger partial charge in [-0.05, 0) is 35.4 Å². The van der Waals surface area contributed by atoms with Crippen molar-refractivity contribution in [1.29, 1.82) is 0 Å². The first-order valence-corrected chi connectivity index (χ1v) is 10.9. The van der Waals surface area contributed by atoms with Crippen LogP contribution in [-0.2, 0) is 17.8 Å². The number of rotatable bonds is 6. The molecule has 2 aromatic heterocycles. The number of carbonyl (C=O) groups excluding carboxylic acids is 1. The van der Waals surface area contributed by atoms with Crippen LogP contribution in [0.3, 0.4) is 0 Å². The Bertz CT molecular complexity index is 1390. The van der Waals surface area contributed by atoms with E-state index < -0.39 is 0 Å². The lowest BCUT2D eigenvalue weighted by Crippen LogP contribution is -2.32. The normalized spacial score (nSPS) is 10.9. The van der Waals surface area contributed by atoms with Crippen molar-refractivity contribution in [3.8, 4) is 11.3 Å². The van der Waals surface area contributed by atoms with Crippen LogP contribution in [0.2, 0.25) is 5.02 Å². The minimum Gasteiger partial charge on any atom is -0.345 e. The second kappa shape index (κ2) is 9.22. The van der Waals surface area contributed by atoms with Crippen molar-refractivity contribution in [2.75, 3.05) is 4.90 Å². The topological polar surface area (TPSA) is 74.8 Å². The SMILES string of the molecule is O=C(Cc1nncc2ccccc12)N(Cc1cccc(Cl)c1)c1ccc(-c2cnc[nH]2)cc1. The Labute approximate surface area is 195 Å². The first kappa shape index (κ1) is 20.8. The van der Waals surface area contributed by atoms with E-state index >= 15 is 0 Å². The quantitative estimate of drug-likeness (QED) is 0.371. The predicted octanol–water partition coefficient (Wildman–Crippen LogP) is 5.45. The summed E-state index contributed by atoms with van der Waals surface area (Å²) >= 11 is 6.20. The molecule has 0 aliphatic carbocycles. The highest BCUT2D eigenvalue weighted by Gasteiger charge is 2.19. The van der Waals surface area contributed by atoms with Crippen molar-refractivity contribution in [2.45, 2.75) is 13.0 Å². The molecule has 0 aliphatic heterocycles. The maximum Gasteiger partial charge on any atom is 0.233 e. The molecular formula is C26H20ClN5O. The van der Waals surface area contributed by atoms with Crippen LogP contribution >= 0.6 is 11.6 Å². The number of carbonyl (C=O) groups is 1. The summed E-state index contributed by atoms with van der Waals surface area (Å²) in [6, 6.07) is 23.2. The maximum atomic E-state index is 13.6. The highest BCUT2D eigenvalue weighted by molar-refractivity contribution is 6.30. The minimum atomic E-state index is -0.0741. The van der Waals surface area contributed by atoms with Crippen LogP contribution in [0.25, 0.3) is 22.0 Å². The fourth-order valence-electron chi connectivity index (χ4n) is 3.83. The first-order valence-electron chi connectivity index (χ1n) is 10.5. The summed E-state index contributed by atoms with van der Waals surface area (Å²) in [5.74, 6) is -0.0741. The Morgan fingerprint density at radius 1 is 0.970 bits per heavy atom. The van der Waals surface area contributed by atoms with Gasteiger partial charge in [-0.2, -0.15) is 10.2 Å². The summed E-state index contributed by atoms with van der Waals surface area (Å²) in [5.41, 5.74) is 4.30. The van der Waals surface area contributed by atoms with Crippen LogP contribution in [0.1, 0.15) is 11.3 Å². The van der Waals surface area contributed by atoms with Gasteiger partial charge in [0, 0.05) is 21.5 Å². The molecule has 162 valence electrons. The molecule has 0 radical (unpaired) electrons. The third kappa shape index (κ3) is 4.61. The molecule has 0 bridgehead atoms. The van der Waals surface area contributed by atoms with E-state index in [0.717, 1.165) is 33.3 Å². The van der Waals surface area contributed by atoms with Gasteiger partial charge in [0.15, 0.2) is 0 Å². The van der Waals surface area contributed by atoms with E-state index in [4.69, 9.17) is 11.6 Å². The van der Waals surface area contributed by atoms with Crippen molar-refractivity contribution >= 4 is 34.0 Å². The fourth-order valence-corrected chi connectivity index (χ4v) is 4.05. The lowest BCUT2D eigenvalue weighted by atomic mass is 10.1. The summed E-state index contributed by atoms with van der Waals surface area (Å²) in [4.78, 5) is 22.5. The van der Waals surface area contributed by atoms with Gasteiger partial charge >= 0.3 is 0 Å². The van der Waals surface area contributed by atoms with Crippen molar-refractivity contribution in [3.63, 3.8) is 0 Å². The summed E-state index contributed by atoms with van der Waals surface area (Å²) in [7, 11) is 0. The summed E-state index contributed by atoms with van der Waals surface area (Å²) in [5, 5.41) is 10.9. The van der Waals surface area contributed by atoms with E-state index in [-0.39, 0.29) is 12.3 Å². The van der Waals surface area contributed by atoms with Crippen LogP contribution in [-0.4, -0.2) is 26.1 Å². The number of anilines is 1. The lowest BCUT2D eigenvalue weighted by molar-refractivity contribution is -0.118. The highest BCUT2D eigenvalue weighted by atomic mass is 35.5. The van der Waals surface area contributed by atoms with E-state index in [2.05, 4.69) is 20.2 Å². The Balaban J connectivity index is 1.48. The molecule has 0 saturated carbocycles. The number of hydrogen-bond acceptors (Lipinski definition) is 4. The van der Waals surface area contributed by atoms with Gasteiger partial charge in [-0.15, -0.1) is 0 Å². The Morgan fingerprint density at radius 3 is 2.61 bits per heavy atom. The van der Waals surface area contributed by atoms with Gasteiger partial charge < -0.3 is 9.88 Å². The monoisotopic (exact) mass is 453 g/mol. The van der Waals surface area contributed by atoms with Gasteiger partial charge in [0.1, 0.15) is 0 Å². The molecule has 0 aliphatic rings. The smallest absolute Gasteiger partial charge is 0.233 e. The van der Waals surface area contributed by atoms with E-state index in [1.807, 2.05) is 72.8 Å². The molecule has 0 spiro atoms. The van der Waals surface area contributed by atoms with Gasteiger partial charge in [0.05, 0.1) is 43.1 Å². The fraction of sp³-hybridized carbons (Fsp3) is 0.0769. The van der Waals surface area contributed by atoms with Crippen molar-refractivity contribution in [3.05, 3.63) is 108 Å². The van der Waals surface area contributed by atoms with E-state index in [1.54, 1.807) is 23.6 Å². The van der Waals surface area contributed by atoms with Crippen molar-refractivity contribution in [1.82, 2.24) is 20.2 Å². The average Bonchev–Trinajstić information content (AvgIpc) is 3.38. The summed E-state index contributed by atoms with van der Waals surface area (Å²) in [6.45, 7) is 0.390. The molecule has 33 heavy (non-hydrogen) atoms. The molecule has 0 saturated heterocycles. The number of aromatic amines is 1. The Hall–Kier alpha value is -4.03. The van der Waals surface area contributed by atoms with E-state index in [1.165, 1.54) is 0 Å². The third-order valence-corrected chi connectivity index (χ3v) is 5.72. The zero-order chi connectivity index (χ0) is 22.6. The van der Waals surface area contributed by atoms with Gasteiger partial charge in [-0.3, -0.25) is 4.79 Å². The first-order chi connectivity index (χ1) is 16.2. The summed E-state index contributed by atoms with van der Waals surface area (Å²) in [6.07, 6.45) is 5.25. The maximum absolute atomic E-state index is 13.6. The minimum absolute atomic E-state index is 0.0741. The van der Waals surface area contributed by atoms with Crippen LogP contribution in [0.15, 0.2) is 91.5 Å². The number of aromatic nitrogens is 4. The van der Waals surface area contributed by atoms with Gasteiger partial charge in [0.25, 0.3) is 0 Å². The molecule has 7 heteroatoms. The van der Waals surface area contributed by atoms with Crippen molar-refractivity contribution in [2.24, 2.45) is 0 Å². The number of H-pyrrole nitrogens is 1. The van der Waals surface area contributed by atoms with Crippen LogP contribution in [0, 0.1) is 0 Å². The Morgan fingerprint density at radius 2 is 1.82 bits per heavy atom. The number of fused-ring (bicyclic) bond motifs is 1. The molecule has 5 rings (SSSR count). The number of benzene rings is 3. The van der Waals surface area contributed by atoms with Crippen LogP contribution < -0.4 is 4.90 Å². The number of hydrogen-bond donors (Lipinski definition) is 1. The number of imidazole rings is 1. The second-order valence-corrected chi connectivity index (χ2v) is 8.11. The van der Waals surface area contributed by atoms with Crippen LogP contribution in [0.4, 0.5) is 5.69 Å². The van der Waals surface area contributed by atoms with Gasteiger partial charge in [-0.1, -0.05) is 60.1 Å². The number of nitrogens with zero attached hydrogens (tertiary/aromatic N) is 4. The largest absolute Gasteiger partial charge is 0.345 e. The average molecular weight is 454 g/mol. The Kier molecular flexibility index (Phi) is 5.83. The molecular weight excluding hydrogens is 434 g/mol. The molecule has 0 fully saturated rings. The predicted molar refractivity (Wildman–Crippen MR) is 130 cm³/mol. The van der Waals surface area contributed by atoms with Crippen molar-refractivity contribution < 1.29 is 4.79 Å². The molecule has 5 aromatic rings. The standard InChI is InChI=1S/C26H20ClN5O/c27-21-6-3-4-18(12-21)16-32(22-10-8-19(9-11-22)25-15-28-17-29-25)26(33)13-24-23-7-2-1-5-20(23)14-30-31-24/h1-12,14-15,17H,13,16H2,(H,28,29). The molecule has 0 atom stereocenters. The number of halogens is 1. The van der Waals surface area contributed by atoms with E-state index in [9.17, 15) is 4.79 Å². The molecule has 0 unspecified atom stereocenters. The van der Waals surface area contributed by atoms with E-state index in [0.29, 0.717) is 17.3 Å². The zero-order valence-electron chi connectivity index (χ0n) is 17.6. The molecule has 3 aromatic carbocycles. The lowest BCUT2D eigenvalue weighted by Gasteiger charge is -2.23. The third-order valence-electron chi connectivity index (χ3n) is 5.48. The zero-order valence-corrected chi connectivity index (χ0v) is 18.4. The number of nitrogens with one attached hydrogen (secondary N) is 1. The molecule has 2 heterocycles.